The van der Waals surface area contributed by atoms with Crippen molar-refractivity contribution >= 4 is 17.3 Å². The van der Waals surface area contributed by atoms with E-state index in [1.807, 2.05) is 0 Å². The number of carbonyl (C=O) groups excluding carboxylic acids is 1. The van der Waals surface area contributed by atoms with Gasteiger partial charge >= 0.3 is 0 Å². The predicted octanol–water partition coefficient (Wildman–Crippen LogP) is 0.377. The Balaban J connectivity index is 2.35. The Morgan fingerprint density at radius 3 is 3.06 bits per heavy atom. The quantitative estimate of drug-likeness (QED) is 0.725. The van der Waals surface area contributed by atoms with Crippen LogP contribution in [0.2, 0.25) is 0 Å². The van der Waals surface area contributed by atoms with E-state index < -0.39 is 0 Å². The van der Waals surface area contributed by atoms with E-state index in [4.69, 9.17) is 15.6 Å². The maximum absolute atomic E-state index is 11.7. The Kier molecular flexibility index (Phi) is 2.96. The molecule has 1 aromatic carbocycles. The van der Waals surface area contributed by atoms with Gasteiger partial charge in [-0.05, 0) is 18.6 Å². The van der Waals surface area contributed by atoms with E-state index in [2.05, 4.69) is 0 Å². The van der Waals surface area contributed by atoms with Crippen LogP contribution in [0.4, 0.5) is 11.4 Å². The third-order valence-corrected chi connectivity index (χ3v) is 2.49. The van der Waals surface area contributed by atoms with Crippen molar-refractivity contribution in [3.05, 3.63) is 18.2 Å². The molecule has 2 rings (SSSR count). The Morgan fingerprint density at radius 2 is 2.31 bits per heavy atom. The summed E-state index contributed by atoms with van der Waals surface area (Å²) >= 11 is 0. The van der Waals surface area contributed by atoms with Gasteiger partial charge in [0, 0.05) is 13.2 Å². The van der Waals surface area contributed by atoms with Gasteiger partial charge in [-0.3, -0.25) is 4.79 Å². The summed E-state index contributed by atoms with van der Waals surface area (Å²) in [5.41, 5.74) is 6.96. The van der Waals surface area contributed by atoms with Crippen LogP contribution in [0.1, 0.15) is 6.42 Å². The largest absolute Gasteiger partial charge is 0.481 e. The van der Waals surface area contributed by atoms with Gasteiger partial charge in [0.2, 0.25) is 0 Å². The Morgan fingerprint density at radius 1 is 1.50 bits per heavy atom. The molecule has 1 aliphatic rings. The first-order valence-electron chi connectivity index (χ1n) is 5.16. The minimum atomic E-state index is -0.126. The molecule has 0 spiro atoms. The molecule has 0 bridgehead atoms. The lowest BCUT2D eigenvalue weighted by Crippen LogP contribution is -2.40. The van der Waals surface area contributed by atoms with Gasteiger partial charge in [0.25, 0.3) is 5.91 Å². The van der Waals surface area contributed by atoms with Crippen LogP contribution < -0.4 is 15.4 Å². The van der Waals surface area contributed by atoms with Gasteiger partial charge in [0.05, 0.1) is 5.69 Å². The maximum atomic E-state index is 11.7. The van der Waals surface area contributed by atoms with Crippen molar-refractivity contribution in [2.75, 3.05) is 30.4 Å². The normalized spacial score (nSPS) is 14.6. The molecule has 0 radical (unpaired) electrons. The topological polar surface area (TPSA) is 75.8 Å². The van der Waals surface area contributed by atoms with Crippen molar-refractivity contribution < 1.29 is 14.6 Å². The number of aliphatic hydroxyl groups is 1. The number of benzene rings is 1. The van der Waals surface area contributed by atoms with Crippen LogP contribution in [0, 0.1) is 0 Å². The first-order valence-corrected chi connectivity index (χ1v) is 5.16. The Hall–Kier alpha value is -1.75. The lowest BCUT2D eigenvalue weighted by Gasteiger charge is -2.30. The Labute approximate surface area is 93.4 Å². The highest BCUT2D eigenvalue weighted by Crippen LogP contribution is 2.36. The molecule has 0 aliphatic carbocycles. The second kappa shape index (κ2) is 4.40. The minimum absolute atomic E-state index is 0.0296. The molecule has 3 N–H and O–H groups in total. The second-order valence-electron chi connectivity index (χ2n) is 3.61. The van der Waals surface area contributed by atoms with Crippen molar-refractivity contribution in [3.63, 3.8) is 0 Å². The fourth-order valence-electron chi connectivity index (χ4n) is 1.75. The number of nitrogens with zero attached hydrogens (tertiary/aromatic N) is 1. The van der Waals surface area contributed by atoms with Crippen molar-refractivity contribution in [2.45, 2.75) is 6.42 Å². The van der Waals surface area contributed by atoms with Crippen LogP contribution in [-0.2, 0) is 4.79 Å². The molecule has 0 atom stereocenters. The van der Waals surface area contributed by atoms with Crippen molar-refractivity contribution in [1.29, 1.82) is 0 Å². The molecule has 16 heavy (non-hydrogen) atoms. The van der Waals surface area contributed by atoms with Gasteiger partial charge in [-0.2, -0.15) is 0 Å². The Bertz CT molecular complexity index is 406. The summed E-state index contributed by atoms with van der Waals surface area (Å²) in [6.07, 6.45) is 0.527. The fourth-order valence-corrected chi connectivity index (χ4v) is 1.75. The van der Waals surface area contributed by atoms with E-state index >= 15 is 0 Å². The van der Waals surface area contributed by atoms with Crippen LogP contribution in [0.3, 0.4) is 0 Å². The summed E-state index contributed by atoms with van der Waals surface area (Å²) in [7, 11) is 0. The number of carbonyl (C=O) groups is 1. The van der Waals surface area contributed by atoms with Crippen molar-refractivity contribution in [2.24, 2.45) is 0 Å². The highest BCUT2D eigenvalue weighted by Gasteiger charge is 2.26. The number of aliphatic hydroxyl groups excluding tert-OH is 1. The molecule has 5 nitrogen and oxygen atoms in total. The van der Waals surface area contributed by atoms with E-state index in [1.165, 1.54) is 0 Å². The number of hydrogen-bond acceptors (Lipinski definition) is 4. The average Bonchev–Trinajstić information content (AvgIpc) is 2.28. The van der Waals surface area contributed by atoms with Crippen LogP contribution >= 0.6 is 0 Å². The molecule has 0 saturated heterocycles. The predicted molar refractivity (Wildman–Crippen MR) is 60.4 cm³/mol. The first-order chi connectivity index (χ1) is 7.74. The number of para-hydroxylation sites is 1. The third kappa shape index (κ3) is 1.81. The highest BCUT2D eigenvalue weighted by atomic mass is 16.5. The van der Waals surface area contributed by atoms with E-state index in [0.29, 0.717) is 30.1 Å². The molecular formula is C11H14N2O3. The standard InChI is InChI=1S/C11H14N2O3/c12-8-3-1-4-9-11(8)13(5-2-6-14)10(15)7-16-9/h1,3-4,14H,2,5-7,12H2. The third-order valence-electron chi connectivity index (χ3n) is 2.49. The lowest BCUT2D eigenvalue weighted by atomic mass is 10.2. The molecule has 0 saturated carbocycles. The summed E-state index contributed by atoms with van der Waals surface area (Å²) in [5.74, 6) is 0.497. The van der Waals surface area contributed by atoms with Gasteiger partial charge in [-0.25, -0.2) is 0 Å². The van der Waals surface area contributed by atoms with Crippen molar-refractivity contribution in [1.82, 2.24) is 0 Å². The van der Waals surface area contributed by atoms with E-state index in [1.54, 1.807) is 23.1 Å². The molecule has 1 aromatic rings. The first kappa shape index (κ1) is 10.8. The average molecular weight is 222 g/mol. The number of ether oxygens (including phenoxy) is 1. The molecule has 1 heterocycles. The SMILES string of the molecule is Nc1cccc2c1N(CCCO)C(=O)CO2. The zero-order chi connectivity index (χ0) is 11.5. The number of rotatable bonds is 3. The van der Waals surface area contributed by atoms with Crippen LogP contribution in [0.5, 0.6) is 5.75 Å². The van der Waals surface area contributed by atoms with Gasteiger partial charge < -0.3 is 20.5 Å². The number of fused-ring (bicyclic) bond motifs is 1. The zero-order valence-corrected chi connectivity index (χ0v) is 8.85. The van der Waals surface area contributed by atoms with Crippen molar-refractivity contribution in [3.8, 4) is 5.75 Å². The molecule has 86 valence electrons. The highest BCUT2D eigenvalue weighted by molar-refractivity contribution is 6.01. The molecule has 1 amide bonds. The molecule has 1 aliphatic heterocycles. The number of nitrogens with two attached hydrogens (primary N) is 1. The summed E-state index contributed by atoms with van der Waals surface area (Å²) in [5, 5.41) is 8.80. The van der Waals surface area contributed by atoms with Gasteiger partial charge in [-0.15, -0.1) is 0 Å². The molecular weight excluding hydrogens is 208 g/mol. The zero-order valence-electron chi connectivity index (χ0n) is 8.85. The summed E-state index contributed by atoms with van der Waals surface area (Å²) in [4.78, 5) is 13.3. The molecule has 0 aromatic heterocycles. The summed E-state index contributed by atoms with van der Waals surface area (Å²) < 4.78 is 5.29. The van der Waals surface area contributed by atoms with Crippen LogP contribution in [0.25, 0.3) is 0 Å². The number of hydrogen-bond donors (Lipinski definition) is 2. The smallest absolute Gasteiger partial charge is 0.265 e. The van der Waals surface area contributed by atoms with E-state index in [-0.39, 0.29) is 19.1 Å². The summed E-state index contributed by atoms with van der Waals surface area (Å²) in [6.45, 7) is 0.536. The minimum Gasteiger partial charge on any atom is -0.481 e. The van der Waals surface area contributed by atoms with E-state index in [9.17, 15) is 4.79 Å². The van der Waals surface area contributed by atoms with Gasteiger partial charge in [0.1, 0.15) is 11.4 Å². The summed E-state index contributed by atoms with van der Waals surface area (Å²) in [6, 6.07) is 5.30. The maximum Gasteiger partial charge on any atom is 0.265 e. The van der Waals surface area contributed by atoms with Gasteiger partial charge in [-0.1, -0.05) is 6.07 Å². The van der Waals surface area contributed by atoms with Gasteiger partial charge in [0.15, 0.2) is 6.61 Å². The second-order valence-corrected chi connectivity index (χ2v) is 3.61. The van der Waals surface area contributed by atoms with Crippen LogP contribution in [-0.4, -0.2) is 30.8 Å². The molecule has 0 unspecified atom stereocenters. The van der Waals surface area contributed by atoms with E-state index in [0.717, 1.165) is 0 Å². The molecule has 5 heteroatoms. The monoisotopic (exact) mass is 222 g/mol. The number of nitrogen functional groups attached to an aromatic ring is 1. The number of anilines is 2. The number of amides is 1. The van der Waals surface area contributed by atoms with Crippen LogP contribution in [0.15, 0.2) is 18.2 Å². The molecule has 0 fully saturated rings. The fraction of sp³-hybridized carbons (Fsp3) is 0.364. The lowest BCUT2D eigenvalue weighted by molar-refractivity contribution is -0.121.